The molecule has 19 heavy (non-hydrogen) atoms. The van der Waals surface area contributed by atoms with Crippen LogP contribution in [0.25, 0.3) is 0 Å². The molecular formula is C10H14N2O6S. The number of nitrogens with zero attached hydrogens (tertiary/aromatic N) is 1. The molecule has 9 heteroatoms. The van der Waals surface area contributed by atoms with Crippen LogP contribution in [0.3, 0.4) is 0 Å². The van der Waals surface area contributed by atoms with Crippen LogP contribution in [-0.2, 0) is 10.0 Å². The van der Waals surface area contributed by atoms with Gasteiger partial charge in [0.1, 0.15) is 0 Å². The summed E-state index contributed by atoms with van der Waals surface area (Å²) in [4.78, 5) is 9.45. The number of sulfonamides is 1. The Labute approximate surface area is 109 Å². The molecule has 0 unspecified atom stereocenters. The van der Waals surface area contributed by atoms with Crippen molar-refractivity contribution in [2.24, 2.45) is 0 Å². The minimum absolute atomic E-state index is 0.520. The second kappa shape index (κ2) is 5.61. The van der Waals surface area contributed by atoms with E-state index < -0.39 is 44.3 Å². The summed E-state index contributed by atoms with van der Waals surface area (Å²) < 4.78 is 26.2. The molecular weight excluding hydrogens is 276 g/mol. The molecule has 106 valence electrons. The summed E-state index contributed by atoms with van der Waals surface area (Å²) in [6.07, 6.45) is 0. The number of nitrogens with one attached hydrogen (secondary N) is 1. The van der Waals surface area contributed by atoms with Gasteiger partial charge in [-0.05, 0) is 13.0 Å². The van der Waals surface area contributed by atoms with E-state index in [0.29, 0.717) is 0 Å². The predicted molar refractivity (Wildman–Crippen MR) is 66.0 cm³/mol. The van der Waals surface area contributed by atoms with Crippen molar-refractivity contribution in [3.05, 3.63) is 34.4 Å². The first-order valence-electron chi connectivity index (χ1n) is 5.25. The third-order valence-electron chi connectivity index (χ3n) is 2.43. The highest BCUT2D eigenvalue weighted by Crippen LogP contribution is 2.23. The van der Waals surface area contributed by atoms with E-state index in [-0.39, 0.29) is 0 Å². The molecule has 0 heterocycles. The van der Waals surface area contributed by atoms with Crippen LogP contribution in [0.1, 0.15) is 6.92 Å². The fourth-order valence-electron chi connectivity index (χ4n) is 1.33. The topological polar surface area (TPSA) is 130 Å². The largest absolute Gasteiger partial charge is 0.394 e. The predicted octanol–water partition coefficient (Wildman–Crippen LogP) is -0.384. The molecule has 0 aliphatic heterocycles. The summed E-state index contributed by atoms with van der Waals surface area (Å²) in [6, 6.07) is 4.82. The Hall–Kier alpha value is -1.55. The van der Waals surface area contributed by atoms with Crippen LogP contribution in [-0.4, -0.2) is 42.3 Å². The van der Waals surface area contributed by atoms with E-state index in [1.54, 1.807) is 0 Å². The van der Waals surface area contributed by atoms with E-state index in [1.807, 2.05) is 4.72 Å². The Kier molecular flexibility index (Phi) is 4.58. The molecule has 0 atom stereocenters. The first kappa shape index (κ1) is 15.5. The average molecular weight is 290 g/mol. The monoisotopic (exact) mass is 290 g/mol. The van der Waals surface area contributed by atoms with Gasteiger partial charge in [-0.15, -0.1) is 0 Å². The Morgan fingerprint density at radius 1 is 1.32 bits per heavy atom. The van der Waals surface area contributed by atoms with Crippen molar-refractivity contribution in [3.63, 3.8) is 0 Å². The van der Waals surface area contributed by atoms with Crippen LogP contribution in [0.15, 0.2) is 29.2 Å². The Morgan fingerprint density at radius 3 is 2.32 bits per heavy atom. The van der Waals surface area contributed by atoms with Gasteiger partial charge in [0.25, 0.3) is 5.69 Å². The number of nitro groups is 1. The summed E-state index contributed by atoms with van der Waals surface area (Å²) in [5.74, 6) is 0. The smallest absolute Gasteiger partial charge is 0.289 e. The molecule has 1 rings (SSSR count). The molecule has 0 saturated heterocycles. The van der Waals surface area contributed by atoms with Gasteiger partial charge in [-0.2, -0.15) is 0 Å². The number of benzene rings is 1. The Morgan fingerprint density at radius 2 is 1.84 bits per heavy atom. The second-order valence-corrected chi connectivity index (χ2v) is 5.86. The third kappa shape index (κ3) is 3.47. The third-order valence-corrected chi connectivity index (χ3v) is 4.12. The van der Waals surface area contributed by atoms with Gasteiger partial charge in [-0.1, -0.05) is 12.1 Å². The molecule has 0 saturated carbocycles. The van der Waals surface area contributed by atoms with Crippen molar-refractivity contribution in [1.29, 1.82) is 0 Å². The van der Waals surface area contributed by atoms with Crippen molar-refractivity contribution in [2.45, 2.75) is 17.4 Å². The minimum atomic E-state index is -4.23. The molecule has 0 aromatic heterocycles. The minimum Gasteiger partial charge on any atom is -0.394 e. The molecule has 1 aromatic carbocycles. The van der Waals surface area contributed by atoms with Crippen molar-refractivity contribution in [3.8, 4) is 0 Å². The SMILES string of the molecule is CC(CO)(CO)NS(=O)(=O)c1ccccc1[N+](=O)[O-]. The maximum atomic E-state index is 12.1. The van der Waals surface area contributed by atoms with Crippen LogP contribution in [0.5, 0.6) is 0 Å². The normalized spacial score (nSPS) is 12.4. The zero-order chi connectivity index (χ0) is 14.7. The lowest BCUT2D eigenvalue weighted by Crippen LogP contribution is -2.51. The lowest BCUT2D eigenvalue weighted by atomic mass is 10.1. The fourth-order valence-corrected chi connectivity index (χ4v) is 2.89. The van der Waals surface area contributed by atoms with E-state index in [4.69, 9.17) is 10.2 Å². The maximum absolute atomic E-state index is 12.1. The lowest BCUT2D eigenvalue weighted by Gasteiger charge is -2.25. The molecule has 0 amide bonds. The number of nitro benzene ring substituents is 1. The number of para-hydroxylation sites is 1. The van der Waals surface area contributed by atoms with E-state index in [9.17, 15) is 18.5 Å². The first-order valence-corrected chi connectivity index (χ1v) is 6.73. The molecule has 0 radical (unpaired) electrons. The Balaban J connectivity index is 3.25. The van der Waals surface area contributed by atoms with Gasteiger partial charge in [0, 0.05) is 6.07 Å². The number of rotatable bonds is 6. The van der Waals surface area contributed by atoms with E-state index in [0.717, 1.165) is 12.1 Å². The van der Waals surface area contributed by atoms with Gasteiger partial charge in [-0.25, -0.2) is 13.1 Å². The highest BCUT2D eigenvalue weighted by Gasteiger charge is 2.33. The van der Waals surface area contributed by atoms with Crippen molar-refractivity contribution in [1.82, 2.24) is 4.72 Å². The molecule has 8 nitrogen and oxygen atoms in total. The molecule has 3 N–H and O–H groups in total. The fraction of sp³-hybridized carbons (Fsp3) is 0.400. The van der Waals surface area contributed by atoms with Crippen molar-refractivity contribution < 1.29 is 23.6 Å². The van der Waals surface area contributed by atoms with Crippen LogP contribution >= 0.6 is 0 Å². The van der Waals surface area contributed by atoms with Gasteiger partial charge in [-0.3, -0.25) is 10.1 Å². The molecule has 1 aromatic rings. The van der Waals surface area contributed by atoms with Crippen LogP contribution in [0.2, 0.25) is 0 Å². The number of hydrogen-bond donors (Lipinski definition) is 3. The van der Waals surface area contributed by atoms with Crippen LogP contribution in [0.4, 0.5) is 5.69 Å². The highest BCUT2D eigenvalue weighted by atomic mass is 32.2. The van der Waals surface area contributed by atoms with Gasteiger partial charge in [0.05, 0.1) is 23.7 Å². The second-order valence-electron chi connectivity index (χ2n) is 4.21. The van der Waals surface area contributed by atoms with Gasteiger partial charge in [0.2, 0.25) is 10.0 Å². The average Bonchev–Trinajstić information content (AvgIpc) is 2.38. The number of hydrogen-bond acceptors (Lipinski definition) is 6. The van der Waals surface area contributed by atoms with Crippen molar-refractivity contribution in [2.75, 3.05) is 13.2 Å². The summed E-state index contributed by atoms with van der Waals surface area (Å²) in [5.41, 5.74) is -2.07. The van der Waals surface area contributed by atoms with Gasteiger partial charge < -0.3 is 10.2 Å². The molecule has 0 bridgehead atoms. The standard InChI is InChI=1S/C10H14N2O6S/c1-10(6-13,7-14)11-19(17,18)9-5-3-2-4-8(9)12(15)16/h2-5,11,13-14H,6-7H2,1H3. The highest BCUT2D eigenvalue weighted by molar-refractivity contribution is 7.89. The van der Waals surface area contributed by atoms with E-state index >= 15 is 0 Å². The van der Waals surface area contributed by atoms with Crippen molar-refractivity contribution >= 4 is 15.7 Å². The summed E-state index contributed by atoms with van der Waals surface area (Å²) in [7, 11) is -4.23. The number of aliphatic hydroxyl groups excluding tert-OH is 2. The molecule has 0 aliphatic carbocycles. The number of aliphatic hydroxyl groups is 2. The van der Waals surface area contributed by atoms with E-state index in [2.05, 4.69) is 0 Å². The molecule has 0 spiro atoms. The zero-order valence-corrected chi connectivity index (χ0v) is 10.9. The van der Waals surface area contributed by atoms with Gasteiger partial charge in [0.15, 0.2) is 4.90 Å². The van der Waals surface area contributed by atoms with Crippen LogP contribution < -0.4 is 4.72 Å². The summed E-state index contributed by atoms with van der Waals surface area (Å²) in [6.45, 7) is -0.0218. The quantitative estimate of drug-likeness (QED) is 0.483. The molecule has 0 aliphatic rings. The van der Waals surface area contributed by atoms with Gasteiger partial charge >= 0.3 is 0 Å². The zero-order valence-electron chi connectivity index (χ0n) is 10.1. The lowest BCUT2D eigenvalue weighted by molar-refractivity contribution is -0.387. The maximum Gasteiger partial charge on any atom is 0.289 e. The first-order chi connectivity index (χ1) is 8.75. The summed E-state index contributed by atoms with van der Waals surface area (Å²) >= 11 is 0. The van der Waals surface area contributed by atoms with E-state index in [1.165, 1.54) is 19.1 Å². The molecule has 0 fully saturated rings. The van der Waals surface area contributed by atoms with Crippen LogP contribution in [0, 0.1) is 10.1 Å². The summed E-state index contributed by atoms with van der Waals surface area (Å²) in [5, 5.41) is 28.9. The Bertz CT molecular complexity index is 567.